The zero-order valence-electron chi connectivity index (χ0n) is 7.11. The predicted molar refractivity (Wildman–Crippen MR) is 60.2 cm³/mol. The van der Waals surface area contributed by atoms with Gasteiger partial charge in [-0.3, -0.25) is 0 Å². The van der Waals surface area contributed by atoms with E-state index >= 15 is 0 Å². The van der Waals surface area contributed by atoms with Crippen LogP contribution in [0.4, 0.5) is 0 Å². The van der Waals surface area contributed by atoms with Crippen molar-refractivity contribution < 1.29 is 0 Å². The van der Waals surface area contributed by atoms with Crippen molar-refractivity contribution in [3.63, 3.8) is 0 Å². The second-order valence-electron chi connectivity index (χ2n) is 2.75. The maximum Gasteiger partial charge on any atom is 0.128 e. The van der Waals surface area contributed by atoms with Crippen LogP contribution < -0.4 is 0 Å². The molecule has 1 heterocycles. The average molecular weight is 270 g/mol. The second kappa shape index (κ2) is 4.07. The molecule has 0 saturated heterocycles. The summed E-state index contributed by atoms with van der Waals surface area (Å²) in [5.41, 5.74) is 1.79. The van der Waals surface area contributed by atoms with Crippen LogP contribution in [-0.2, 0) is 0 Å². The van der Waals surface area contributed by atoms with Crippen molar-refractivity contribution in [1.82, 2.24) is 10.2 Å². The molecule has 0 aliphatic heterocycles. The summed E-state index contributed by atoms with van der Waals surface area (Å²) < 4.78 is 0.725. The highest BCUT2D eigenvalue weighted by Gasteiger charge is 1.99. The molecule has 0 atom stereocenters. The molecule has 2 nitrogen and oxygen atoms in total. The minimum atomic E-state index is 0.701. The Morgan fingerprint density at radius 1 is 1.07 bits per heavy atom. The topological polar surface area (TPSA) is 25.8 Å². The molecular weight excluding hydrogens is 263 g/mol. The Labute approximate surface area is 95.1 Å². The molecule has 0 aliphatic rings. The standard InChI is InChI=1S/C10H6BrClN2/c11-10-5-4-9(13-14-10)7-2-1-3-8(12)6-7/h1-6H. The Balaban J connectivity index is 2.44. The lowest BCUT2D eigenvalue weighted by molar-refractivity contribution is 1.01. The van der Waals surface area contributed by atoms with Crippen molar-refractivity contribution in [3.8, 4) is 11.3 Å². The SMILES string of the molecule is Clc1cccc(-c2ccc(Br)nn2)c1. The molecule has 70 valence electrons. The maximum absolute atomic E-state index is 5.87. The van der Waals surface area contributed by atoms with Gasteiger partial charge in [-0.2, -0.15) is 0 Å². The van der Waals surface area contributed by atoms with Crippen LogP contribution in [0.5, 0.6) is 0 Å². The van der Waals surface area contributed by atoms with Gasteiger partial charge in [-0.25, -0.2) is 0 Å². The second-order valence-corrected chi connectivity index (χ2v) is 4.00. The van der Waals surface area contributed by atoms with Crippen LogP contribution in [-0.4, -0.2) is 10.2 Å². The van der Waals surface area contributed by atoms with E-state index in [1.54, 1.807) is 0 Å². The lowest BCUT2D eigenvalue weighted by Gasteiger charge is -1.99. The third-order valence-corrected chi connectivity index (χ3v) is 2.41. The number of halogens is 2. The Hall–Kier alpha value is -0.930. The van der Waals surface area contributed by atoms with E-state index < -0.39 is 0 Å². The van der Waals surface area contributed by atoms with Crippen LogP contribution in [0.15, 0.2) is 41.0 Å². The molecule has 2 rings (SSSR count). The first-order valence-electron chi connectivity index (χ1n) is 4.01. The number of benzene rings is 1. The highest BCUT2D eigenvalue weighted by molar-refractivity contribution is 9.10. The third-order valence-electron chi connectivity index (χ3n) is 1.75. The number of hydrogen-bond acceptors (Lipinski definition) is 2. The van der Waals surface area contributed by atoms with Gasteiger partial charge in [0, 0.05) is 10.6 Å². The number of hydrogen-bond donors (Lipinski definition) is 0. The van der Waals surface area contributed by atoms with Crippen molar-refractivity contribution in [3.05, 3.63) is 46.0 Å². The number of aromatic nitrogens is 2. The van der Waals surface area contributed by atoms with Gasteiger partial charge in [0.25, 0.3) is 0 Å². The monoisotopic (exact) mass is 268 g/mol. The first-order valence-corrected chi connectivity index (χ1v) is 5.18. The van der Waals surface area contributed by atoms with E-state index in [-0.39, 0.29) is 0 Å². The van der Waals surface area contributed by atoms with Crippen LogP contribution in [0.25, 0.3) is 11.3 Å². The summed E-state index contributed by atoms with van der Waals surface area (Å²) in [7, 11) is 0. The summed E-state index contributed by atoms with van der Waals surface area (Å²) in [4.78, 5) is 0. The van der Waals surface area contributed by atoms with Crippen molar-refractivity contribution in [2.24, 2.45) is 0 Å². The largest absolute Gasteiger partial charge is 0.149 e. The van der Waals surface area contributed by atoms with E-state index in [1.807, 2.05) is 36.4 Å². The van der Waals surface area contributed by atoms with Gasteiger partial charge in [0.05, 0.1) is 5.69 Å². The van der Waals surface area contributed by atoms with Crippen LogP contribution in [0.1, 0.15) is 0 Å². The summed E-state index contributed by atoms with van der Waals surface area (Å²) in [6.45, 7) is 0. The van der Waals surface area contributed by atoms with Crippen molar-refractivity contribution in [2.75, 3.05) is 0 Å². The van der Waals surface area contributed by atoms with Gasteiger partial charge in [0.1, 0.15) is 4.60 Å². The van der Waals surface area contributed by atoms with Crippen LogP contribution in [0, 0.1) is 0 Å². The van der Waals surface area contributed by atoms with Crippen LogP contribution in [0.3, 0.4) is 0 Å². The van der Waals surface area contributed by atoms with Crippen molar-refractivity contribution >= 4 is 27.5 Å². The van der Waals surface area contributed by atoms with Gasteiger partial charge in [-0.1, -0.05) is 23.7 Å². The quantitative estimate of drug-likeness (QED) is 0.791. The summed E-state index contributed by atoms with van der Waals surface area (Å²) in [6, 6.07) is 11.3. The fourth-order valence-corrected chi connectivity index (χ4v) is 1.52. The molecule has 0 N–H and O–H groups in total. The molecule has 1 aromatic carbocycles. The number of nitrogens with zero attached hydrogens (tertiary/aromatic N) is 2. The fraction of sp³-hybridized carbons (Fsp3) is 0. The summed E-state index contributed by atoms with van der Waals surface area (Å²) in [5, 5.41) is 8.64. The molecule has 0 radical (unpaired) electrons. The Morgan fingerprint density at radius 2 is 1.93 bits per heavy atom. The van der Waals surface area contributed by atoms with Crippen molar-refractivity contribution in [1.29, 1.82) is 0 Å². The van der Waals surface area contributed by atoms with Gasteiger partial charge < -0.3 is 0 Å². The van der Waals surface area contributed by atoms with Crippen LogP contribution >= 0.6 is 27.5 Å². The van der Waals surface area contributed by atoms with E-state index in [0.717, 1.165) is 15.9 Å². The summed E-state index contributed by atoms with van der Waals surface area (Å²) in [5.74, 6) is 0. The lowest BCUT2D eigenvalue weighted by Crippen LogP contribution is -1.86. The first-order chi connectivity index (χ1) is 6.75. The summed E-state index contributed by atoms with van der Waals surface area (Å²) >= 11 is 9.10. The lowest BCUT2D eigenvalue weighted by atomic mass is 10.1. The molecule has 0 unspecified atom stereocenters. The Kier molecular flexibility index (Phi) is 2.79. The van der Waals surface area contributed by atoms with Crippen LogP contribution in [0.2, 0.25) is 5.02 Å². The van der Waals surface area contributed by atoms with Gasteiger partial charge in [-0.15, -0.1) is 10.2 Å². The molecule has 0 saturated carbocycles. The van der Waals surface area contributed by atoms with Gasteiger partial charge in [0.15, 0.2) is 0 Å². The zero-order valence-corrected chi connectivity index (χ0v) is 9.46. The van der Waals surface area contributed by atoms with E-state index in [4.69, 9.17) is 11.6 Å². The molecular formula is C10H6BrClN2. The maximum atomic E-state index is 5.87. The third kappa shape index (κ3) is 2.11. The highest BCUT2D eigenvalue weighted by Crippen LogP contribution is 2.20. The Morgan fingerprint density at radius 3 is 2.57 bits per heavy atom. The molecule has 1 aromatic heterocycles. The minimum Gasteiger partial charge on any atom is -0.149 e. The molecule has 14 heavy (non-hydrogen) atoms. The van der Waals surface area contributed by atoms with E-state index in [2.05, 4.69) is 26.1 Å². The van der Waals surface area contributed by atoms with Gasteiger partial charge >= 0.3 is 0 Å². The zero-order chi connectivity index (χ0) is 9.97. The first kappa shape index (κ1) is 9.62. The smallest absolute Gasteiger partial charge is 0.128 e. The van der Waals surface area contributed by atoms with E-state index in [9.17, 15) is 0 Å². The Bertz CT molecular complexity index is 442. The molecule has 0 spiro atoms. The van der Waals surface area contributed by atoms with Gasteiger partial charge in [-0.05, 0) is 40.2 Å². The van der Waals surface area contributed by atoms with Gasteiger partial charge in [0.2, 0.25) is 0 Å². The molecule has 4 heteroatoms. The fourth-order valence-electron chi connectivity index (χ4n) is 1.12. The normalized spacial score (nSPS) is 10.1. The highest BCUT2D eigenvalue weighted by atomic mass is 79.9. The molecule has 2 aromatic rings. The molecule has 0 fully saturated rings. The minimum absolute atomic E-state index is 0.701. The molecule has 0 aliphatic carbocycles. The van der Waals surface area contributed by atoms with E-state index in [0.29, 0.717) is 5.02 Å². The van der Waals surface area contributed by atoms with Crippen molar-refractivity contribution in [2.45, 2.75) is 0 Å². The van der Waals surface area contributed by atoms with E-state index in [1.165, 1.54) is 0 Å². The number of rotatable bonds is 1. The average Bonchev–Trinajstić information content (AvgIpc) is 2.19. The predicted octanol–water partition coefficient (Wildman–Crippen LogP) is 3.56. The molecule has 0 amide bonds. The molecule has 0 bridgehead atoms. The summed E-state index contributed by atoms with van der Waals surface area (Å²) in [6.07, 6.45) is 0.